The van der Waals surface area contributed by atoms with Gasteiger partial charge in [-0.2, -0.15) is 0 Å². The Morgan fingerprint density at radius 2 is 2.00 bits per heavy atom. The number of nitrogens with one attached hydrogen (secondary N) is 1. The second-order valence-electron chi connectivity index (χ2n) is 7.51. The molecule has 2 amide bonds. The maximum Gasteiger partial charge on any atom is 0.254 e. The summed E-state index contributed by atoms with van der Waals surface area (Å²) in [5, 5.41) is 2.82. The van der Waals surface area contributed by atoms with Crippen molar-refractivity contribution in [2.75, 3.05) is 13.1 Å². The molecule has 28 heavy (non-hydrogen) atoms. The molecule has 1 atom stereocenters. The molecular weight excluding hydrogens is 352 g/mol. The van der Waals surface area contributed by atoms with E-state index in [-0.39, 0.29) is 17.9 Å². The smallest absolute Gasteiger partial charge is 0.254 e. The van der Waals surface area contributed by atoms with Crippen LogP contribution in [-0.4, -0.2) is 45.4 Å². The maximum absolute atomic E-state index is 13.0. The molecule has 0 spiro atoms. The Hall–Kier alpha value is -3.15. The van der Waals surface area contributed by atoms with E-state index in [4.69, 9.17) is 0 Å². The average Bonchev–Trinajstić information content (AvgIpc) is 3.01. The van der Waals surface area contributed by atoms with Crippen LogP contribution in [-0.2, 0) is 4.79 Å². The number of aryl methyl sites for hydroxylation is 2. The van der Waals surface area contributed by atoms with Crippen molar-refractivity contribution in [1.82, 2.24) is 19.8 Å². The highest BCUT2D eigenvalue weighted by Gasteiger charge is 2.26. The zero-order valence-corrected chi connectivity index (χ0v) is 16.4. The zero-order chi connectivity index (χ0) is 19.8. The third kappa shape index (κ3) is 3.26. The zero-order valence-electron chi connectivity index (χ0n) is 16.4. The summed E-state index contributed by atoms with van der Waals surface area (Å²) >= 11 is 0. The number of fused-ring (bicyclic) bond motifs is 1. The Bertz CT molecular complexity index is 1070. The highest BCUT2D eigenvalue weighted by Crippen LogP contribution is 2.24. The van der Waals surface area contributed by atoms with Gasteiger partial charge >= 0.3 is 0 Å². The van der Waals surface area contributed by atoms with Crippen molar-refractivity contribution < 1.29 is 9.59 Å². The van der Waals surface area contributed by atoms with Gasteiger partial charge in [-0.05, 0) is 56.2 Å². The molecule has 3 aromatic rings. The molecule has 6 nitrogen and oxygen atoms in total. The van der Waals surface area contributed by atoms with Gasteiger partial charge in [-0.1, -0.05) is 12.1 Å². The lowest BCUT2D eigenvalue weighted by Gasteiger charge is -2.26. The largest absolute Gasteiger partial charge is 0.354 e. The predicted octanol–water partition coefficient (Wildman–Crippen LogP) is 2.99. The summed E-state index contributed by atoms with van der Waals surface area (Å²) < 4.78 is 2.06. The van der Waals surface area contributed by atoms with Crippen LogP contribution in [0, 0.1) is 13.8 Å². The monoisotopic (exact) mass is 376 g/mol. The third-order valence-electron chi connectivity index (χ3n) is 5.37. The molecule has 1 N–H and O–H groups in total. The standard InChI is InChI=1S/C22H24N4O2/c1-14-4-5-15(2)20(10-14)26-13-24-18-12-17(6-7-19(18)26)22(28)25-9-8-23-21(27)11-16(25)3/h4-7,10,12-13,16H,8-9,11H2,1-3H3,(H,23,27). The normalized spacial score (nSPS) is 17.5. The molecule has 144 valence electrons. The van der Waals surface area contributed by atoms with Crippen LogP contribution in [0.5, 0.6) is 0 Å². The summed E-state index contributed by atoms with van der Waals surface area (Å²) in [6.07, 6.45) is 2.13. The molecular formula is C22H24N4O2. The van der Waals surface area contributed by atoms with Gasteiger partial charge in [0.1, 0.15) is 6.33 Å². The van der Waals surface area contributed by atoms with Crippen LogP contribution >= 0.6 is 0 Å². The van der Waals surface area contributed by atoms with Gasteiger partial charge in [-0.3, -0.25) is 14.2 Å². The van der Waals surface area contributed by atoms with E-state index in [9.17, 15) is 9.59 Å². The fraction of sp³-hybridized carbons (Fsp3) is 0.318. The van der Waals surface area contributed by atoms with Gasteiger partial charge in [0.25, 0.3) is 5.91 Å². The summed E-state index contributed by atoms with van der Waals surface area (Å²) in [7, 11) is 0. The number of benzene rings is 2. The van der Waals surface area contributed by atoms with Crippen LogP contribution in [0.3, 0.4) is 0 Å². The lowest BCUT2D eigenvalue weighted by Crippen LogP contribution is -2.39. The Kier molecular flexibility index (Phi) is 4.63. The van der Waals surface area contributed by atoms with Crippen molar-refractivity contribution in [3.63, 3.8) is 0 Å². The van der Waals surface area contributed by atoms with E-state index in [1.807, 2.05) is 25.1 Å². The summed E-state index contributed by atoms with van der Waals surface area (Å²) in [6, 6.07) is 11.8. The van der Waals surface area contributed by atoms with Gasteiger partial charge in [-0.25, -0.2) is 4.98 Å². The molecule has 0 bridgehead atoms. The lowest BCUT2D eigenvalue weighted by atomic mass is 10.1. The molecule has 0 saturated carbocycles. The van der Waals surface area contributed by atoms with E-state index in [1.54, 1.807) is 11.2 Å². The number of nitrogens with zero attached hydrogens (tertiary/aromatic N) is 3. The third-order valence-corrected chi connectivity index (χ3v) is 5.37. The molecule has 1 aliphatic rings. The van der Waals surface area contributed by atoms with Crippen molar-refractivity contribution in [2.24, 2.45) is 0 Å². The highest BCUT2D eigenvalue weighted by molar-refractivity contribution is 5.98. The van der Waals surface area contributed by atoms with E-state index in [0.717, 1.165) is 16.7 Å². The Labute approximate surface area is 164 Å². The molecule has 1 fully saturated rings. The first-order valence-electron chi connectivity index (χ1n) is 9.56. The quantitative estimate of drug-likeness (QED) is 0.748. The number of aromatic nitrogens is 2. The molecule has 6 heteroatoms. The molecule has 4 rings (SSSR count). The van der Waals surface area contributed by atoms with E-state index in [2.05, 4.69) is 46.9 Å². The van der Waals surface area contributed by atoms with Crippen LogP contribution in [0.1, 0.15) is 34.8 Å². The summed E-state index contributed by atoms with van der Waals surface area (Å²) in [4.78, 5) is 31.0. The molecule has 1 aliphatic heterocycles. The number of carbonyl (C=O) groups is 2. The number of rotatable bonds is 2. The number of amides is 2. The predicted molar refractivity (Wildman–Crippen MR) is 109 cm³/mol. The molecule has 1 saturated heterocycles. The van der Waals surface area contributed by atoms with E-state index in [1.165, 1.54) is 11.1 Å². The SMILES string of the molecule is Cc1ccc(C)c(-n2cnc3cc(C(=O)N4CCNC(=O)CC4C)ccc32)c1. The van der Waals surface area contributed by atoms with Gasteiger partial charge in [0, 0.05) is 31.1 Å². The minimum atomic E-state index is -0.127. The molecule has 0 radical (unpaired) electrons. The van der Waals surface area contributed by atoms with Gasteiger partial charge < -0.3 is 10.2 Å². The maximum atomic E-state index is 13.0. The van der Waals surface area contributed by atoms with Gasteiger partial charge in [-0.15, -0.1) is 0 Å². The van der Waals surface area contributed by atoms with E-state index >= 15 is 0 Å². The molecule has 0 aliphatic carbocycles. The van der Waals surface area contributed by atoms with Crippen LogP contribution < -0.4 is 5.32 Å². The minimum absolute atomic E-state index is 0.00878. The van der Waals surface area contributed by atoms with E-state index in [0.29, 0.717) is 25.1 Å². The van der Waals surface area contributed by atoms with Crippen molar-refractivity contribution in [3.8, 4) is 5.69 Å². The second-order valence-corrected chi connectivity index (χ2v) is 7.51. The van der Waals surface area contributed by atoms with Crippen molar-refractivity contribution in [2.45, 2.75) is 33.2 Å². The number of hydrogen-bond acceptors (Lipinski definition) is 3. The first-order chi connectivity index (χ1) is 13.4. The lowest BCUT2D eigenvalue weighted by molar-refractivity contribution is -0.121. The van der Waals surface area contributed by atoms with Crippen molar-refractivity contribution >= 4 is 22.8 Å². The molecule has 2 aromatic carbocycles. The van der Waals surface area contributed by atoms with Crippen LogP contribution in [0.2, 0.25) is 0 Å². The summed E-state index contributed by atoms with van der Waals surface area (Å²) in [6.45, 7) is 7.06. The summed E-state index contributed by atoms with van der Waals surface area (Å²) in [5.74, 6) is -0.0716. The van der Waals surface area contributed by atoms with Gasteiger partial charge in [0.2, 0.25) is 5.91 Å². The Morgan fingerprint density at radius 1 is 1.18 bits per heavy atom. The van der Waals surface area contributed by atoms with Gasteiger partial charge in [0.15, 0.2) is 0 Å². The van der Waals surface area contributed by atoms with Crippen molar-refractivity contribution in [1.29, 1.82) is 0 Å². The average molecular weight is 376 g/mol. The molecule has 2 heterocycles. The first-order valence-corrected chi connectivity index (χ1v) is 9.56. The number of carbonyl (C=O) groups excluding carboxylic acids is 2. The minimum Gasteiger partial charge on any atom is -0.354 e. The summed E-state index contributed by atoms with van der Waals surface area (Å²) in [5.41, 5.74) is 5.79. The number of imidazole rings is 1. The van der Waals surface area contributed by atoms with Crippen LogP contribution in [0.25, 0.3) is 16.7 Å². The topological polar surface area (TPSA) is 67.2 Å². The molecule has 1 aromatic heterocycles. The number of hydrogen-bond donors (Lipinski definition) is 1. The fourth-order valence-electron chi connectivity index (χ4n) is 3.77. The van der Waals surface area contributed by atoms with Gasteiger partial charge in [0.05, 0.1) is 16.7 Å². The molecule has 1 unspecified atom stereocenters. The first kappa shape index (κ1) is 18.2. The van der Waals surface area contributed by atoms with Crippen LogP contribution in [0.4, 0.5) is 0 Å². The van der Waals surface area contributed by atoms with Crippen LogP contribution in [0.15, 0.2) is 42.7 Å². The van der Waals surface area contributed by atoms with E-state index < -0.39 is 0 Å². The Morgan fingerprint density at radius 3 is 2.82 bits per heavy atom. The second kappa shape index (κ2) is 7.11. The Balaban J connectivity index is 1.68. The van der Waals surface area contributed by atoms with Crippen molar-refractivity contribution in [3.05, 3.63) is 59.4 Å². The fourth-order valence-corrected chi connectivity index (χ4v) is 3.77. The highest BCUT2D eigenvalue weighted by atomic mass is 16.2.